The molecule has 2 aromatic rings. The van der Waals surface area contributed by atoms with Crippen LogP contribution in [0, 0.1) is 6.92 Å². The lowest BCUT2D eigenvalue weighted by Crippen LogP contribution is -2.15. The Morgan fingerprint density at radius 3 is 2.62 bits per heavy atom. The van der Waals surface area contributed by atoms with Gasteiger partial charge in [-0.25, -0.2) is 0 Å². The van der Waals surface area contributed by atoms with Gasteiger partial charge in [0.05, 0.1) is 5.69 Å². The Kier molecular flexibility index (Phi) is 5.55. The van der Waals surface area contributed by atoms with E-state index in [0.717, 1.165) is 22.5 Å². The minimum atomic E-state index is -3.87. The standard InChI is InChI=1S/C15H20N4O3S2/c1-5-12(20)16-14-17-18-15(23-14)24(21,22)19-13-10(4)7-6-8-11(13)9(2)3/h6-9,19H,5H2,1-4H3,(H,16,17,20). The summed E-state index contributed by atoms with van der Waals surface area (Å²) in [5.41, 5.74) is 2.29. The molecular weight excluding hydrogens is 348 g/mol. The summed E-state index contributed by atoms with van der Waals surface area (Å²) in [6, 6.07) is 5.63. The summed E-state index contributed by atoms with van der Waals surface area (Å²) in [6.45, 7) is 7.53. The SMILES string of the molecule is CCC(=O)Nc1nnc(S(=O)(=O)Nc2c(C)cccc2C(C)C)s1. The lowest BCUT2D eigenvalue weighted by Gasteiger charge is -2.16. The molecule has 0 bridgehead atoms. The highest BCUT2D eigenvalue weighted by Gasteiger charge is 2.23. The number of carbonyl (C=O) groups is 1. The Hall–Kier alpha value is -2.00. The second-order valence-corrected chi connectivity index (χ2v) is 8.41. The first kappa shape index (κ1) is 18.3. The summed E-state index contributed by atoms with van der Waals surface area (Å²) >= 11 is 0.818. The molecule has 2 N–H and O–H groups in total. The van der Waals surface area contributed by atoms with Gasteiger partial charge in [0, 0.05) is 6.42 Å². The maximum absolute atomic E-state index is 12.6. The van der Waals surface area contributed by atoms with E-state index in [9.17, 15) is 13.2 Å². The fraction of sp³-hybridized carbons (Fsp3) is 0.400. The first-order valence-electron chi connectivity index (χ1n) is 7.50. The Balaban J connectivity index is 2.31. The molecule has 1 amide bonds. The number of anilines is 2. The van der Waals surface area contributed by atoms with Crippen LogP contribution in [0.5, 0.6) is 0 Å². The number of rotatable bonds is 6. The monoisotopic (exact) mass is 368 g/mol. The van der Waals surface area contributed by atoms with E-state index in [2.05, 4.69) is 20.2 Å². The van der Waals surface area contributed by atoms with Crippen LogP contribution in [-0.2, 0) is 14.8 Å². The summed E-state index contributed by atoms with van der Waals surface area (Å²) in [4.78, 5) is 11.4. The van der Waals surface area contributed by atoms with Crippen LogP contribution < -0.4 is 10.0 Å². The van der Waals surface area contributed by atoms with E-state index in [1.54, 1.807) is 6.92 Å². The topological polar surface area (TPSA) is 101 Å². The summed E-state index contributed by atoms with van der Waals surface area (Å²) in [7, 11) is -3.87. The molecule has 0 saturated heterocycles. The van der Waals surface area contributed by atoms with E-state index in [1.165, 1.54) is 0 Å². The largest absolute Gasteiger partial charge is 0.301 e. The van der Waals surface area contributed by atoms with Gasteiger partial charge in [0.1, 0.15) is 0 Å². The van der Waals surface area contributed by atoms with E-state index in [0.29, 0.717) is 5.69 Å². The third-order valence-electron chi connectivity index (χ3n) is 3.37. The summed E-state index contributed by atoms with van der Waals surface area (Å²) < 4.78 is 27.6. The molecule has 0 saturated carbocycles. The van der Waals surface area contributed by atoms with Gasteiger partial charge in [-0.05, 0) is 24.0 Å². The molecule has 1 aromatic carbocycles. The van der Waals surface area contributed by atoms with Gasteiger partial charge in [0.2, 0.25) is 11.0 Å². The number of aryl methyl sites for hydroxylation is 1. The predicted octanol–water partition coefficient (Wildman–Crippen LogP) is 3.12. The number of para-hydroxylation sites is 1. The van der Waals surface area contributed by atoms with Gasteiger partial charge in [0.15, 0.2) is 0 Å². The zero-order valence-corrected chi connectivity index (χ0v) is 15.6. The maximum atomic E-state index is 12.6. The number of carbonyl (C=O) groups excluding carboxylic acids is 1. The second-order valence-electron chi connectivity index (χ2n) is 5.57. The normalized spacial score (nSPS) is 11.5. The molecule has 7 nitrogen and oxygen atoms in total. The van der Waals surface area contributed by atoms with Crippen LogP contribution in [0.3, 0.4) is 0 Å². The second kappa shape index (κ2) is 7.27. The van der Waals surface area contributed by atoms with Crippen LogP contribution in [0.4, 0.5) is 10.8 Å². The van der Waals surface area contributed by atoms with Gasteiger partial charge in [-0.3, -0.25) is 9.52 Å². The minimum absolute atomic E-state index is 0.163. The van der Waals surface area contributed by atoms with Gasteiger partial charge in [-0.1, -0.05) is 50.3 Å². The number of nitrogens with one attached hydrogen (secondary N) is 2. The van der Waals surface area contributed by atoms with Crippen LogP contribution in [-0.4, -0.2) is 24.5 Å². The number of nitrogens with zero attached hydrogens (tertiary/aromatic N) is 2. The molecule has 0 spiro atoms. The van der Waals surface area contributed by atoms with Gasteiger partial charge < -0.3 is 5.32 Å². The highest BCUT2D eigenvalue weighted by atomic mass is 32.2. The number of hydrogen-bond donors (Lipinski definition) is 2. The van der Waals surface area contributed by atoms with Crippen molar-refractivity contribution in [1.82, 2.24) is 10.2 Å². The van der Waals surface area contributed by atoms with Crippen LogP contribution in [0.2, 0.25) is 0 Å². The Bertz CT molecular complexity index is 844. The average molecular weight is 368 g/mol. The quantitative estimate of drug-likeness (QED) is 0.763. The molecule has 0 aliphatic carbocycles. The van der Waals surface area contributed by atoms with E-state index in [-0.39, 0.29) is 27.7 Å². The zero-order chi connectivity index (χ0) is 17.9. The van der Waals surface area contributed by atoms with E-state index >= 15 is 0 Å². The lowest BCUT2D eigenvalue weighted by molar-refractivity contribution is -0.115. The molecule has 0 unspecified atom stereocenters. The van der Waals surface area contributed by atoms with Crippen molar-refractivity contribution < 1.29 is 13.2 Å². The molecule has 24 heavy (non-hydrogen) atoms. The van der Waals surface area contributed by atoms with E-state index < -0.39 is 10.0 Å². The first-order valence-corrected chi connectivity index (χ1v) is 9.80. The summed E-state index contributed by atoms with van der Waals surface area (Å²) in [5, 5.41) is 10.1. The van der Waals surface area contributed by atoms with Crippen molar-refractivity contribution in [2.24, 2.45) is 0 Å². The number of sulfonamides is 1. The van der Waals surface area contributed by atoms with Crippen molar-refractivity contribution in [3.8, 4) is 0 Å². The maximum Gasteiger partial charge on any atom is 0.291 e. The molecule has 0 atom stereocenters. The van der Waals surface area contributed by atoms with Gasteiger partial charge in [-0.2, -0.15) is 8.42 Å². The number of hydrogen-bond acceptors (Lipinski definition) is 6. The van der Waals surface area contributed by atoms with Gasteiger partial charge >= 0.3 is 0 Å². The van der Waals surface area contributed by atoms with Crippen molar-refractivity contribution in [3.63, 3.8) is 0 Å². The molecule has 0 fully saturated rings. The molecule has 0 aliphatic rings. The van der Waals surface area contributed by atoms with Crippen molar-refractivity contribution in [1.29, 1.82) is 0 Å². The van der Waals surface area contributed by atoms with Crippen LogP contribution in [0.25, 0.3) is 0 Å². The molecule has 0 aliphatic heterocycles. The van der Waals surface area contributed by atoms with Crippen LogP contribution in [0.1, 0.15) is 44.2 Å². The summed E-state index contributed by atoms with van der Waals surface area (Å²) in [6.07, 6.45) is 0.279. The van der Waals surface area contributed by atoms with Crippen molar-refractivity contribution in [2.75, 3.05) is 10.0 Å². The zero-order valence-electron chi connectivity index (χ0n) is 14.0. The van der Waals surface area contributed by atoms with E-state index in [4.69, 9.17) is 0 Å². The first-order chi connectivity index (χ1) is 11.2. The molecule has 0 radical (unpaired) electrons. The third kappa shape index (κ3) is 4.09. The highest BCUT2D eigenvalue weighted by molar-refractivity contribution is 7.94. The van der Waals surface area contributed by atoms with Crippen LogP contribution >= 0.6 is 11.3 Å². The van der Waals surface area contributed by atoms with Crippen molar-refractivity contribution in [3.05, 3.63) is 29.3 Å². The molecule has 1 aromatic heterocycles. The highest BCUT2D eigenvalue weighted by Crippen LogP contribution is 2.30. The van der Waals surface area contributed by atoms with Crippen molar-refractivity contribution >= 4 is 38.1 Å². The number of aromatic nitrogens is 2. The van der Waals surface area contributed by atoms with E-state index in [1.807, 2.05) is 39.0 Å². The van der Waals surface area contributed by atoms with Crippen LogP contribution in [0.15, 0.2) is 22.5 Å². The smallest absolute Gasteiger partial charge is 0.291 e. The average Bonchev–Trinajstić information content (AvgIpc) is 2.98. The number of amides is 1. The Morgan fingerprint density at radius 2 is 2.00 bits per heavy atom. The van der Waals surface area contributed by atoms with Gasteiger partial charge in [-0.15, -0.1) is 10.2 Å². The van der Waals surface area contributed by atoms with Crippen molar-refractivity contribution in [2.45, 2.75) is 44.4 Å². The molecule has 2 rings (SSSR count). The minimum Gasteiger partial charge on any atom is -0.301 e. The van der Waals surface area contributed by atoms with Gasteiger partial charge in [0.25, 0.3) is 14.4 Å². The number of benzene rings is 1. The fourth-order valence-corrected chi connectivity index (χ4v) is 4.14. The Labute approximate surface area is 145 Å². The summed E-state index contributed by atoms with van der Waals surface area (Å²) in [5.74, 6) is -0.0829. The predicted molar refractivity (Wildman–Crippen MR) is 94.9 cm³/mol. The molecule has 1 heterocycles. The Morgan fingerprint density at radius 1 is 1.29 bits per heavy atom. The fourth-order valence-electron chi connectivity index (χ4n) is 2.07. The lowest BCUT2D eigenvalue weighted by atomic mass is 9.99. The molecule has 9 heteroatoms. The molecule has 130 valence electrons. The molecular formula is C15H20N4O3S2. The third-order valence-corrected chi connectivity index (χ3v) is 5.92.